The van der Waals surface area contributed by atoms with Gasteiger partial charge in [0.2, 0.25) is 0 Å². The fourth-order valence-electron chi connectivity index (χ4n) is 3.24. The molecule has 2 aromatic rings. The zero-order valence-electron chi connectivity index (χ0n) is 14.6. The molecule has 3 nitrogen and oxygen atoms in total. The number of nitrogens with zero attached hydrogens (tertiary/aromatic N) is 1. The molecule has 0 fully saturated rings. The fourth-order valence-corrected chi connectivity index (χ4v) is 3.24. The average Bonchev–Trinajstić information content (AvgIpc) is 2.52. The summed E-state index contributed by atoms with van der Waals surface area (Å²) in [4.78, 5) is 16.5. The van der Waals surface area contributed by atoms with Gasteiger partial charge in [-0.05, 0) is 56.5 Å². The normalized spacial score (nSPS) is 16.3. The van der Waals surface area contributed by atoms with Crippen LogP contribution in [0.4, 0.5) is 0 Å². The molecule has 0 saturated heterocycles. The van der Waals surface area contributed by atoms with Crippen molar-refractivity contribution in [3.63, 3.8) is 0 Å². The lowest BCUT2D eigenvalue weighted by Gasteiger charge is -2.14. The van der Waals surface area contributed by atoms with Crippen molar-refractivity contribution in [3.8, 4) is 0 Å². The molecule has 2 aromatic carbocycles. The van der Waals surface area contributed by atoms with Gasteiger partial charge in [0.15, 0.2) is 0 Å². The smallest absolute Gasteiger partial charge is 0.254 e. The molecule has 0 aromatic heterocycles. The number of carbonyl (C=O) groups excluding carboxylic acids is 1. The van der Waals surface area contributed by atoms with Crippen LogP contribution in [-0.2, 0) is 11.2 Å². The maximum atomic E-state index is 12.3. The minimum atomic E-state index is -0.170. The summed E-state index contributed by atoms with van der Waals surface area (Å²) in [6.45, 7) is 7.72. The van der Waals surface area contributed by atoms with Gasteiger partial charge in [0, 0.05) is 11.8 Å². The van der Waals surface area contributed by atoms with E-state index in [4.69, 9.17) is 0 Å². The first-order chi connectivity index (χ1) is 11.5. The molecule has 0 spiro atoms. The van der Waals surface area contributed by atoms with E-state index in [2.05, 4.69) is 60.6 Å². The largest absolute Gasteiger partial charge is 0.315 e. The summed E-state index contributed by atoms with van der Waals surface area (Å²) in [6, 6.07) is 12.7. The molecule has 0 aliphatic carbocycles. The second kappa shape index (κ2) is 7.10. The van der Waals surface area contributed by atoms with Gasteiger partial charge in [0.05, 0.1) is 11.3 Å². The number of nitrogens with one attached hydrogen (secondary N) is 1. The van der Waals surface area contributed by atoms with Crippen molar-refractivity contribution >= 4 is 12.0 Å². The Morgan fingerprint density at radius 1 is 1.08 bits per heavy atom. The minimum absolute atomic E-state index is 0.0458. The van der Waals surface area contributed by atoms with E-state index in [0.717, 1.165) is 29.1 Å². The predicted molar refractivity (Wildman–Crippen MR) is 97.4 cm³/mol. The van der Waals surface area contributed by atoms with Crippen LogP contribution in [0, 0.1) is 26.7 Å². The van der Waals surface area contributed by atoms with Crippen LogP contribution in [-0.4, -0.2) is 19.0 Å². The van der Waals surface area contributed by atoms with Gasteiger partial charge in [-0.2, -0.15) is 0 Å². The highest BCUT2D eigenvalue weighted by Crippen LogP contribution is 2.06. The summed E-state index contributed by atoms with van der Waals surface area (Å²) in [5, 5.41) is 5.32. The molecule has 3 rings (SSSR count). The third-order valence-corrected chi connectivity index (χ3v) is 4.46. The molecular formula is C21H24N2O. The number of amides is 1. The molecule has 1 amide bonds. The van der Waals surface area contributed by atoms with E-state index in [9.17, 15) is 4.79 Å². The van der Waals surface area contributed by atoms with Crippen LogP contribution in [0.15, 0.2) is 41.4 Å². The molecule has 0 radical (unpaired) electrons. The Balaban J connectivity index is 1.63. The first kappa shape index (κ1) is 16.6. The third kappa shape index (κ3) is 3.80. The zero-order valence-corrected chi connectivity index (χ0v) is 14.6. The van der Waals surface area contributed by atoms with Gasteiger partial charge in [-0.25, -0.2) is 4.99 Å². The lowest BCUT2D eigenvalue weighted by atomic mass is 10.00. The number of hydrogen-bond donors (Lipinski definition) is 1. The number of rotatable bonds is 5. The second-order valence-corrected chi connectivity index (χ2v) is 6.68. The van der Waals surface area contributed by atoms with Crippen LogP contribution in [0.25, 0.3) is 6.08 Å². The first-order valence-corrected chi connectivity index (χ1v) is 8.51. The van der Waals surface area contributed by atoms with Gasteiger partial charge in [-0.3, -0.25) is 4.79 Å². The van der Waals surface area contributed by atoms with Gasteiger partial charge in [-0.15, -0.1) is 0 Å². The number of aryl methyl sites for hydroxylation is 3. The molecule has 0 bridgehead atoms. The van der Waals surface area contributed by atoms with Crippen LogP contribution >= 0.6 is 0 Å². The molecule has 124 valence electrons. The van der Waals surface area contributed by atoms with Crippen LogP contribution < -0.4 is 15.9 Å². The van der Waals surface area contributed by atoms with Crippen LogP contribution in [0.3, 0.4) is 0 Å². The minimum Gasteiger partial charge on any atom is -0.315 e. The van der Waals surface area contributed by atoms with Crippen LogP contribution in [0.1, 0.15) is 22.3 Å². The van der Waals surface area contributed by atoms with Crippen molar-refractivity contribution in [2.24, 2.45) is 10.9 Å². The monoisotopic (exact) mass is 320 g/mol. The molecule has 1 atom stereocenters. The van der Waals surface area contributed by atoms with E-state index in [1.165, 1.54) is 16.7 Å². The molecule has 1 aliphatic heterocycles. The Morgan fingerprint density at radius 3 is 2.71 bits per heavy atom. The fraction of sp³-hybridized carbons (Fsp3) is 0.333. The topological polar surface area (TPSA) is 41.5 Å². The van der Waals surface area contributed by atoms with Crippen molar-refractivity contribution in [1.29, 1.82) is 0 Å². The maximum absolute atomic E-state index is 12.3. The first-order valence-electron chi connectivity index (χ1n) is 8.51. The van der Waals surface area contributed by atoms with E-state index in [1.54, 1.807) is 0 Å². The SMILES string of the molecule is Cc1cccc(CCNCC2C=c3c(C)cc(C)cc3=NC2=O)c1. The standard InChI is InChI=1S/C21H24N2O/c1-14-5-4-6-17(10-14)7-8-22-13-18-12-19-16(3)9-15(2)11-20(19)23-21(18)24/h4-6,9-12,18,22H,7-8,13H2,1-3H3. The van der Waals surface area contributed by atoms with Gasteiger partial charge >= 0.3 is 0 Å². The van der Waals surface area contributed by atoms with E-state index in [-0.39, 0.29) is 11.8 Å². The van der Waals surface area contributed by atoms with E-state index < -0.39 is 0 Å². The van der Waals surface area contributed by atoms with E-state index >= 15 is 0 Å². The third-order valence-electron chi connectivity index (χ3n) is 4.46. The molecule has 1 heterocycles. The Morgan fingerprint density at radius 2 is 1.92 bits per heavy atom. The molecule has 1 aliphatic rings. The highest BCUT2D eigenvalue weighted by Gasteiger charge is 2.18. The predicted octanol–water partition coefficient (Wildman–Crippen LogP) is 2.00. The van der Waals surface area contributed by atoms with Crippen LogP contribution in [0.2, 0.25) is 0 Å². The second-order valence-electron chi connectivity index (χ2n) is 6.68. The molecule has 24 heavy (non-hydrogen) atoms. The van der Waals surface area contributed by atoms with Crippen molar-refractivity contribution in [2.75, 3.05) is 13.1 Å². The number of hydrogen-bond acceptors (Lipinski definition) is 2. The maximum Gasteiger partial charge on any atom is 0.254 e. The Kier molecular flexibility index (Phi) is 4.91. The highest BCUT2D eigenvalue weighted by atomic mass is 16.1. The Labute approximate surface area is 143 Å². The van der Waals surface area contributed by atoms with Crippen molar-refractivity contribution in [3.05, 3.63) is 69.2 Å². The van der Waals surface area contributed by atoms with E-state index in [0.29, 0.717) is 6.54 Å². The highest BCUT2D eigenvalue weighted by molar-refractivity contribution is 5.86. The Bertz CT molecular complexity index is 883. The van der Waals surface area contributed by atoms with Crippen molar-refractivity contribution < 1.29 is 4.79 Å². The molecule has 1 unspecified atom stereocenters. The summed E-state index contributed by atoms with van der Waals surface area (Å²) >= 11 is 0. The van der Waals surface area contributed by atoms with Crippen molar-refractivity contribution in [2.45, 2.75) is 27.2 Å². The zero-order chi connectivity index (χ0) is 17.1. The molecular weight excluding hydrogens is 296 g/mol. The molecule has 0 saturated carbocycles. The lowest BCUT2D eigenvalue weighted by molar-refractivity contribution is -0.120. The lowest BCUT2D eigenvalue weighted by Crippen LogP contribution is -2.39. The quantitative estimate of drug-likeness (QED) is 0.856. The van der Waals surface area contributed by atoms with Crippen LogP contribution in [0.5, 0.6) is 0 Å². The van der Waals surface area contributed by atoms with Gasteiger partial charge in [-0.1, -0.05) is 42.0 Å². The van der Waals surface area contributed by atoms with Gasteiger partial charge in [0.1, 0.15) is 0 Å². The summed E-state index contributed by atoms with van der Waals surface area (Å²) in [7, 11) is 0. The van der Waals surface area contributed by atoms with Gasteiger partial charge in [0.25, 0.3) is 5.91 Å². The molecule has 1 N–H and O–H groups in total. The Hall–Kier alpha value is -2.26. The number of carbonyl (C=O) groups is 1. The van der Waals surface area contributed by atoms with Gasteiger partial charge < -0.3 is 5.32 Å². The van der Waals surface area contributed by atoms with E-state index in [1.807, 2.05) is 13.0 Å². The number of fused-ring (bicyclic) bond motifs is 1. The summed E-state index contributed by atoms with van der Waals surface area (Å²) < 4.78 is 0. The molecule has 3 heteroatoms. The average molecular weight is 320 g/mol. The summed E-state index contributed by atoms with van der Waals surface area (Å²) in [5.41, 5.74) is 4.93. The van der Waals surface area contributed by atoms with Crippen molar-refractivity contribution in [1.82, 2.24) is 5.32 Å². The summed E-state index contributed by atoms with van der Waals surface area (Å²) in [6.07, 6.45) is 3.04. The number of benzene rings is 2. The summed E-state index contributed by atoms with van der Waals surface area (Å²) in [5.74, 6) is -0.216.